The van der Waals surface area contributed by atoms with Crippen LogP contribution in [-0.4, -0.2) is 10.1 Å². The maximum atomic E-state index is 6.27. The summed E-state index contributed by atoms with van der Waals surface area (Å²) in [6, 6.07) is 8.59. The highest BCUT2D eigenvalue weighted by molar-refractivity contribution is 5.36. The van der Waals surface area contributed by atoms with Gasteiger partial charge in [0.05, 0.1) is 5.54 Å². The minimum atomic E-state index is -0.362. The second kappa shape index (κ2) is 4.42. The number of fused-ring (bicyclic) bond motifs is 1. The molecule has 1 saturated carbocycles. The van der Waals surface area contributed by atoms with E-state index in [0.29, 0.717) is 5.89 Å². The molecule has 4 nitrogen and oxygen atoms in total. The van der Waals surface area contributed by atoms with Gasteiger partial charge in [-0.3, -0.25) is 0 Å². The third-order valence-corrected chi connectivity index (χ3v) is 4.79. The van der Waals surface area contributed by atoms with E-state index in [0.717, 1.165) is 37.9 Å². The largest absolute Gasteiger partial charge is 0.337 e. The van der Waals surface area contributed by atoms with E-state index in [1.54, 1.807) is 0 Å². The van der Waals surface area contributed by atoms with Crippen molar-refractivity contribution in [2.24, 2.45) is 5.73 Å². The number of hydrogen-bond donors (Lipinski definition) is 1. The third-order valence-electron chi connectivity index (χ3n) is 4.79. The SMILES string of the molecule is NC1(c2nc(C3CCCc4ccccc43)no2)CCC1. The molecular weight excluding hydrogens is 250 g/mol. The summed E-state index contributed by atoms with van der Waals surface area (Å²) in [5.41, 5.74) is 8.67. The molecule has 104 valence electrons. The van der Waals surface area contributed by atoms with Crippen molar-refractivity contribution in [2.45, 2.75) is 50.0 Å². The predicted octanol–water partition coefficient (Wildman–Crippen LogP) is 2.88. The van der Waals surface area contributed by atoms with Gasteiger partial charge >= 0.3 is 0 Å². The molecule has 1 fully saturated rings. The molecule has 20 heavy (non-hydrogen) atoms. The molecule has 2 aliphatic rings. The Morgan fingerprint density at radius 1 is 1.20 bits per heavy atom. The summed E-state index contributed by atoms with van der Waals surface area (Å²) >= 11 is 0. The molecule has 1 heterocycles. The van der Waals surface area contributed by atoms with Crippen molar-refractivity contribution in [1.29, 1.82) is 0 Å². The lowest BCUT2D eigenvalue weighted by Crippen LogP contribution is -2.43. The molecule has 1 atom stereocenters. The summed E-state index contributed by atoms with van der Waals surface area (Å²) in [7, 11) is 0. The maximum absolute atomic E-state index is 6.27. The minimum absolute atomic E-state index is 0.265. The van der Waals surface area contributed by atoms with Crippen LogP contribution in [0.5, 0.6) is 0 Å². The molecule has 1 aromatic carbocycles. The average molecular weight is 269 g/mol. The van der Waals surface area contributed by atoms with Crippen molar-refractivity contribution >= 4 is 0 Å². The fraction of sp³-hybridized carbons (Fsp3) is 0.500. The minimum Gasteiger partial charge on any atom is -0.337 e. The second-order valence-electron chi connectivity index (χ2n) is 6.11. The number of nitrogens with two attached hydrogens (primary N) is 1. The fourth-order valence-electron chi connectivity index (χ4n) is 3.37. The van der Waals surface area contributed by atoms with Crippen LogP contribution in [0, 0.1) is 0 Å². The molecule has 0 bridgehead atoms. The molecule has 1 unspecified atom stereocenters. The summed E-state index contributed by atoms with van der Waals surface area (Å²) in [6.07, 6.45) is 6.48. The van der Waals surface area contributed by atoms with Crippen molar-refractivity contribution in [3.63, 3.8) is 0 Å². The molecule has 4 rings (SSSR count). The number of aromatic nitrogens is 2. The van der Waals surface area contributed by atoms with E-state index >= 15 is 0 Å². The average Bonchev–Trinajstić information content (AvgIpc) is 2.94. The van der Waals surface area contributed by atoms with Crippen molar-refractivity contribution in [2.75, 3.05) is 0 Å². The molecule has 0 spiro atoms. The summed E-state index contributed by atoms with van der Waals surface area (Å²) in [5, 5.41) is 4.22. The number of rotatable bonds is 2. The van der Waals surface area contributed by atoms with Crippen LogP contribution in [-0.2, 0) is 12.0 Å². The van der Waals surface area contributed by atoms with Crippen molar-refractivity contribution in [3.05, 3.63) is 47.1 Å². The molecule has 0 radical (unpaired) electrons. The first-order valence-corrected chi connectivity index (χ1v) is 7.47. The second-order valence-corrected chi connectivity index (χ2v) is 6.11. The molecule has 1 aromatic heterocycles. The van der Waals surface area contributed by atoms with E-state index in [4.69, 9.17) is 10.3 Å². The molecule has 4 heteroatoms. The van der Waals surface area contributed by atoms with Crippen LogP contribution in [0.3, 0.4) is 0 Å². The molecular formula is C16H19N3O. The Morgan fingerprint density at radius 2 is 2.05 bits per heavy atom. The maximum Gasteiger partial charge on any atom is 0.246 e. The van der Waals surface area contributed by atoms with Crippen molar-refractivity contribution in [3.8, 4) is 0 Å². The Labute approximate surface area is 118 Å². The van der Waals surface area contributed by atoms with E-state index in [2.05, 4.69) is 34.4 Å². The monoisotopic (exact) mass is 269 g/mol. The normalized spacial score (nSPS) is 23.9. The highest BCUT2D eigenvalue weighted by Gasteiger charge is 2.40. The Morgan fingerprint density at radius 3 is 2.85 bits per heavy atom. The Bertz CT molecular complexity index is 630. The van der Waals surface area contributed by atoms with Gasteiger partial charge in [0.25, 0.3) is 0 Å². The first kappa shape index (κ1) is 12.1. The summed E-state index contributed by atoms with van der Waals surface area (Å²) in [6.45, 7) is 0. The fourth-order valence-corrected chi connectivity index (χ4v) is 3.37. The van der Waals surface area contributed by atoms with Crippen LogP contribution in [0.15, 0.2) is 28.8 Å². The molecule has 0 aliphatic heterocycles. The van der Waals surface area contributed by atoms with E-state index < -0.39 is 0 Å². The van der Waals surface area contributed by atoms with Crippen molar-refractivity contribution < 1.29 is 4.52 Å². The summed E-state index contributed by atoms with van der Waals surface area (Å²) in [4.78, 5) is 4.62. The molecule has 2 aliphatic carbocycles. The van der Waals surface area contributed by atoms with Gasteiger partial charge in [-0.05, 0) is 49.7 Å². The van der Waals surface area contributed by atoms with E-state index in [1.165, 1.54) is 17.5 Å². The van der Waals surface area contributed by atoms with Gasteiger partial charge in [-0.1, -0.05) is 29.4 Å². The topological polar surface area (TPSA) is 64.9 Å². The lowest BCUT2D eigenvalue weighted by molar-refractivity contribution is 0.181. The van der Waals surface area contributed by atoms with Crippen LogP contribution >= 0.6 is 0 Å². The van der Waals surface area contributed by atoms with Gasteiger partial charge in [0.2, 0.25) is 5.89 Å². The van der Waals surface area contributed by atoms with Crippen LogP contribution in [0.1, 0.15) is 60.9 Å². The molecule has 0 saturated heterocycles. The Hall–Kier alpha value is -1.68. The zero-order chi connectivity index (χ0) is 13.6. The summed E-state index contributed by atoms with van der Waals surface area (Å²) < 4.78 is 5.45. The standard InChI is InChI=1S/C16H19N3O/c17-16(9-4-10-16)15-18-14(19-20-15)13-8-3-6-11-5-1-2-7-12(11)13/h1-2,5,7,13H,3-4,6,8-10,17H2. The Balaban J connectivity index is 1.69. The zero-order valence-electron chi connectivity index (χ0n) is 11.5. The molecule has 2 aromatic rings. The smallest absolute Gasteiger partial charge is 0.246 e. The van der Waals surface area contributed by atoms with E-state index in [1.807, 2.05) is 0 Å². The molecule has 0 amide bonds. The number of hydrogen-bond acceptors (Lipinski definition) is 4. The van der Waals surface area contributed by atoms with Gasteiger partial charge in [0.1, 0.15) is 0 Å². The highest BCUT2D eigenvalue weighted by atomic mass is 16.5. The first-order valence-electron chi connectivity index (χ1n) is 7.47. The van der Waals surface area contributed by atoms with Crippen LogP contribution < -0.4 is 5.73 Å². The summed E-state index contributed by atoms with van der Waals surface area (Å²) in [5.74, 6) is 1.70. The van der Waals surface area contributed by atoms with Gasteiger partial charge in [0.15, 0.2) is 5.82 Å². The van der Waals surface area contributed by atoms with Crippen molar-refractivity contribution in [1.82, 2.24) is 10.1 Å². The quantitative estimate of drug-likeness (QED) is 0.910. The van der Waals surface area contributed by atoms with Crippen LogP contribution in [0.25, 0.3) is 0 Å². The molecule has 2 N–H and O–H groups in total. The lowest BCUT2D eigenvalue weighted by Gasteiger charge is -2.33. The highest BCUT2D eigenvalue weighted by Crippen LogP contribution is 2.40. The van der Waals surface area contributed by atoms with Gasteiger partial charge in [-0.25, -0.2) is 0 Å². The lowest BCUT2D eigenvalue weighted by atomic mass is 9.77. The predicted molar refractivity (Wildman–Crippen MR) is 75.2 cm³/mol. The van der Waals surface area contributed by atoms with E-state index in [-0.39, 0.29) is 11.5 Å². The van der Waals surface area contributed by atoms with Gasteiger partial charge < -0.3 is 10.3 Å². The zero-order valence-corrected chi connectivity index (χ0v) is 11.5. The third kappa shape index (κ3) is 1.79. The van der Waals surface area contributed by atoms with E-state index in [9.17, 15) is 0 Å². The van der Waals surface area contributed by atoms with Crippen LogP contribution in [0.2, 0.25) is 0 Å². The Kier molecular flexibility index (Phi) is 2.67. The van der Waals surface area contributed by atoms with Gasteiger partial charge in [0, 0.05) is 5.92 Å². The number of nitrogens with zero attached hydrogens (tertiary/aromatic N) is 2. The van der Waals surface area contributed by atoms with Gasteiger partial charge in [-0.15, -0.1) is 0 Å². The van der Waals surface area contributed by atoms with Gasteiger partial charge in [-0.2, -0.15) is 4.98 Å². The number of benzene rings is 1. The first-order chi connectivity index (χ1) is 9.76. The number of aryl methyl sites for hydroxylation is 1. The van der Waals surface area contributed by atoms with Crippen LogP contribution in [0.4, 0.5) is 0 Å².